The van der Waals surface area contributed by atoms with E-state index in [1.807, 2.05) is 5.32 Å². The van der Waals surface area contributed by atoms with Crippen LogP contribution in [-0.2, 0) is 14.4 Å². The molecule has 1 atom stereocenters. The van der Waals surface area contributed by atoms with Crippen LogP contribution >= 0.6 is 0 Å². The van der Waals surface area contributed by atoms with E-state index in [4.69, 9.17) is 9.57 Å². The Balaban J connectivity index is 1.32. The number of alkyl halides is 2. The monoisotopic (exact) mass is 514 g/mol. The van der Waals surface area contributed by atoms with Gasteiger partial charge in [0.05, 0.1) is 37.6 Å². The van der Waals surface area contributed by atoms with Gasteiger partial charge in [0.25, 0.3) is 5.91 Å². The van der Waals surface area contributed by atoms with E-state index in [0.29, 0.717) is 13.1 Å². The second kappa shape index (κ2) is 11.6. The van der Waals surface area contributed by atoms with Gasteiger partial charge in [0.2, 0.25) is 0 Å². The lowest BCUT2D eigenvalue weighted by atomic mass is 10.1. The number of nitrogens with zero attached hydrogens (tertiary/aromatic N) is 3. The molecule has 0 aliphatic carbocycles. The lowest BCUT2D eigenvalue weighted by Crippen LogP contribution is -2.49. The van der Waals surface area contributed by atoms with Gasteiger partial charge in [-0.3, -0.25) is 14.5 Å². The lowest BCUT2D eigenvalue weighted by Gasteiger charge is -2.27. The van der Waals surface area contributed by atoms with Gasteiger partial charge in [0.1, 0.15) is 11.9 Å². The maximum Gasteiger partial charge on any atom is 0.414 e. The van der Waals surface area contributed by atoms with Crippen molar-refractivity contribution in [3.8, 4) is 0 Å². The molecule has 4 amide bonds. The molecule has 1 aromatic rings. The molecule has 3 N–H and O–H groups in total. The van der Waals surface area contributed by atoms with Gasteiger partial charge in [-0.05, 0) is 44.1 Å². The van der Waals surface area contributed by atoms with Crippen LogP contribution in [0.25, 0.3) is 0 Å². The van der Waals surface area contributed by atoms with Crippen LogP contribution in [0.4, 0.5) is 34.1 Å². The zero-order valence-electron chi connectivity index (χ0n) is 19.6. The van der Waals surface area contributed by atoms with Crippen LogP contribution in [0.3, 0.4) is 0 Å². The molecular weight excluding hydrogens is 485 g/mol. The summed E-state index contributed by atoms with van der Waals surface area (Å²) in [4.78, 5) is 44.3. The Kier molecular flexibility index (Phi) is 8.36. The number of ether oxygens (including phenoxy) is 1. The Labute approximate surface area is 205 Å². The van der Waals surface area contributed by atoms with Crippen molar-refractivity contribution >= 4 is 29.4 Å². The Morgan fingerprint density at radius 2 is 1.94 bits per heavy atom. The smallest absolute Gasteiger partial charge is 0.414 e. The van der Waals surface area contributed by atoms with E-state index in [2.05, 4.69) is 10.6 Å². The summed E-state index contributed by atoms with van der Waals surface area (Å²) in [6.07, 6.45) is -3.08. The first-order valence-corrected chi connectivity index (χ1v) is 11.8. The summed E-state index contributed by atoms with van der Waals surface area (Å²) < 4.78 is 44.8. The van der Waals surface area contributed by atoms with Crippen molar-refractivity contribution < 1.29 is 37.1 Å². The third-order valence-electron chi connectivity index (χ3n) is 6.23. The number of carbonyl (C=O) groups excluding carboxylic acids is 3. The number of amides is 4. The summed E-state index contributed by atoms with van der Waals surface area (Å²) in [5.41, 5.74) is 0.522. The van der Waals surface area contributed by atoms with E-state index in [1.165, 1.54) is 22.1 Å². The van der Waals surface area contributed by atoms with Crippen LogP contribution in [0.5, 0.6) is 0 Å². The molecule has 3 heterocycles. The maximum atomic E-state index is 15.1. The summed E-state index contributed by atoms with van der Waals surface area (Å²) in [5, 5.41) is 9.47. The van der Waals surface area contributed by atoms with Crippen LogP contribution < -0.4 is 25.8 Å². The highest BCUT2D eigenvalue weighted by Gasteiger charge is 2.34. The molecule has 36 heavy (non-hydrogen) atoms. The van der Waals surface area contributed by atoms with Gasteiger partial charge >= 0.3 is 18.5 Å². The zero-order valence-corrected chi connectivity index (χ0v) is 19.6. The van der Waals surface area contributed by atoms with E-state index in [9.17, 15) is 23.2 Å². The number of hydroxylamine groups is 2. The summed E-state index contributed by atoms with van der Waals surface area (Å²) in [5.74, 6) is -2.04. The fraction of sp³-hybridized carbons (Fsp3) is 0.591. The first-order chi connectivity index (χ1) is 17.3. The van der Waals surface area contributed by atoms with Crippen molar-refractivity contribution in [3.63, 3.8) is 0 Å². The van der Waals surface area contributed by atoms with Crippen molar-refractivity contribution in [2.45, 2.75) is 31.4 Å². The summed E-state index contributed by atoms with van der Waals surface area (Å²) in [6.45, 7) is 2.51. The first-order valence-electron chi connectivity index (χ1n) is 11.8. The zero-order chi connectivity index (χ0) is 25.7. The van der Waals surface area contributed by atoms with Crippen molar-refractivity contribution in [2.75, 3.05) is 62.2 Å². The Morgan fingerprint density at radius 3 is 2.67 bits per heavy atom. The standard InChI is InChI=1S/C22H29F3N6O5/c23-17-11-15(30-13-16(36-22(30)34)12-27-20(32)19(24)25)1-2-18(17)29-7-8-31(35-10-9-29)21(33)28-14-3-5-26-6-4-14/h1-2,11,14,16,19,26H,3-10,12-13H2,(H,27,32)(H,28,33)/t16-/m0/s1. The average Bonchev–Trinajstić information content (AvgIpc) is 3.07. The van der Waals surface area contributed by atoms with E-state index in [1.54, 1.807) is 11.0 Å². The van der Waals surface area contributed by atoms with Crippen LogP contribution in [0, 0.1) is 5.82 Å². The average molecular weight is 515 g/mol. The van der Waals surface area contributed by atoms with Gasteiger partial charge in [-0.15, -0.1) is 0 Å². The predicted octanol–water partition coefficient (Wildman–Crippen LogP) is 1.05. The van der Waals surface area contributed by atoms with Crippen molar-refractivity contribution in [1.29, 1.82) is 0 Å². The number of cyclic esters (lactones) is 1. The highest BCUT2D eigenvalue weighted by molar-refractivity contribution is 5.90. The van der Waals surface area contributed by atoms with Gasteiger partial charge in [0.15, 0.2) is 0 Å². The van der Waals surface area contributed by atoms with Crippen LogP contribution in [0.2, 0.25) is 0 Å². The normalized spacial score (nSPS) is 21.4. The number of piperidine rings is 1. The number of rotatable bonds is 6. The third-order valence-corrected chi connectivity index (χ3v) is 6.23. The number of halogens is 3. The minimum absolute atomic E-state index is 0.0280. The van der Waals surface area contributed by atoms with Gasteiger partial charge in [0, 0.05) is 19.1 Å². The Hall–Kier alpha value is -3.26. The molecule has 1 aromatic carbocycles. The molecule has 14 heteroatoms. The van der Waals surface area contributed by atoms with Gasteiger partial charge in [-0.25, -0.2) is 19.0 Å². The molecule has 0 aromatic heterocycles. The summed E-state index contributed by atoms with van der Waals surface area (Å²) in [7, 11) is 0. The minimum Gasteiger partial charge on any atom is -0.442 e. The number of urea groups is 1. The molecule has 0 saturated carbocycles. The molecular formula is C22H29F3N6O5. The predicted molar refractivity (Wildman–Crippen MR) is 122 cm³/mol. The number of benzene rings is 1. The molecule has 198 valence electrons. The first kappa shape index (κ1) is 25.8. The number of nitrogens with one attached hydrogen (secondary N) is 3. The Morgan fingerprint density at radius 1 is 1.17 bits per heavy atom. The fourth-order valence-corrected chi connectivity index (χ4v) is 4.31. The van der Waals surface area contributed by atoms with E-state index < -0.39 is 30.3 Å². The minimum atomic E-state index is -3.17. The summed E-state index contributed by atoms with van der Waals surface area (Å²) in [6, 6.07) is 4.03. The number of anilines is 2. The number of carbonyl (C=O) groups is 3. The van der Waals surface area contributed by atoms with Crippen LogP contribution in [0.15, 0.2) is 18.2 Å². The van der Waals surface area contributed by atoms with Crippen LogP contribution in [0.1, 0.15) is 12.8 Å². The summed E-state index contributed by atoms with van der Waals surface area (Å²) >= 11 is 0. The van der Waals surface area contributed by atoms with Crippen molar-refractivity contribution in [2.24, 2.45) is 0 Å². The third kappa shape index (κ3) is 6.29. The highest BCUT2D eigenvalue weighted by Crippen LogP contribution is 2.28. The largest absolute Gasteiger partial charge is 0.442 e. The molecule has 3 aliphatic heterocycles. The van der Waals surface area contributed by atoms with E-state index >= 15 is 4.39 Å². The van der Waals surface area contributed by atoms with Crippen LogP contribution in [-0.4, -0.2) is 94.1 Å². The van der Waals surface area contributed by atoms with E-state index in [-0.39, 0.29) is 49.7 Å². The quantitative estimate of drug-likeness (QED) is 0.520. The highest BCUT2D eigenvalue weighted by atomic mass is 19.3. The second-order valence-electron chi connectivity index (χ2n) is 8.69. The second-order valence-corrected chi connectivity index (χ2v) is 8.69. The molecule has 11 nitrogen and oxygen atoms in total. The number of hydrogen-bond donors (Lipinski definition) is 3. The molecule has 3 saturated heterocycles. The molecule has 0 unspecified atom stereocenters. The van der Waals surface area contributed by atoms with Gasteiger partial charge < -0.3 is 25.6 Å². The molecule has 3 fully saturated rings. The Bertz CT molecular complexity index is 964. The fourth-order valence-electron chi connectivity index (χ4n) is 4.31. The topological polar surface area (TPSA) is 115 Å². The van der Waals surface area contributed by atoms with Crippen molar-refractivity contribution in [3.05, 3.63) is 24.0 Å². The molecule has 0 bridgehead atoms. The molecule has 0 radical (unpaired) electrons. The van der Waals surface area contributed by atoms with E-state index in [0.717, 1.165) is 25.9 Å². The maximum absolute atomic E-state index is 15.1. The van der Waals surface area contributed by atoms with Gasteiger partial charge in [-0.1, -0.05) is 0 Å². The lowest BCUT2D eigenvalue weighted by molar-refractivity contribution is -0.132. The van der Waals surface area contributed by atoms with Crippen molar-refractivity contribution in [1.82, 2.24) is 21.0 Å². The molecule has 3 aliphatic rings. The molecule has 4 rings (SSSR count). The molecule has 0 spiro atoms. The number of hydrogen-bond acceptors (Lipinski definition) is 7. The van der Waals surface area contributed by atoms with Gasteiger partial charge in [-0.2, -0.15) is 8.78 Å². The SMILES string of the molecule is O=C(NC[C@H]1CN(c2ccc(N3CCON(C(=O)NC4CCNCC4)CC3)c(F)c2)C(=O)O1)C(F)F.